The number of nitrogens with zero attached hydrogens (tertiary/aromatic N) is 2. The Hall–Kier alpha value is -1.69. The van der Waals surface area contributed by atoms with Gasteiger partial charge in [-0.25, -0.2) is 8.78 Å². The predicted octanol–water partition coefficient (Wildman–Crippen LogP) is 3.37. The first-order valence-corrected chi connectivity index (χ1v) is 10.2. The predicted molar refractivity (Wildman–Crippen MR) is 104 cm³/mol. The molecule has 1 atom stereocenters. The summed E-state index contributed by atoms with van der Waals surface area (Å²) in [4.78, 5) is 16.3. The lowest BCUT2D eigenvalue weighted by atomic mass is 9.84. The number of benzene rings is 1. The number of alkyl halides is 1. The van der Waals surface area contributed by atoms with Gasteiger partial charge < -0.3 is 10.2 Å². The summed E-state index contributed by atoms with van der Waals surface area (Å²) >= 11 is 0. The molecule has 0 aromatic heterocycles. The van der Waals surface area contributed by atoms with Crippen molar-refractivity contribution in [2.24, 2.45) is 5.92 Å². The van der Waals surface area contributed by atoms with E-state index in [9.17, 15) is 13.6 Å². The van der Waals surface area contributed by atoms with Gasteiger partial charge in [-0.2, -0.15) is 0 Å². The monoisotopic (exact) mass is 379 g/mol. The topological polar surface area (TPSA) is 35.6 Å². The first-order valence-electron chi connectivity index (χ1n) is 10.2. The minimum atomic E-state index is -1.42. The second-order valence-corrected chi connectivity index (χ2v) is 7.94. The third-order valence-corrected chi connectivity index (χ3v) is 5.97. The van der Waals surface area contributed by atoms with Gasteiger partial charge in [0, 0.05) is 37.9 Å². The number of carbonyl (C=O) groups excluding carboxylic acids is 1. The van der Waals surface area contributed by atoms with Crippen LogP contribution in [0, 0.1) is 11.7 Å². The molecule has 1 N–H and O–H groups in total. The third-order valence-electron chi connectivity index (χ3n) is 5.97. The molecule has 1 aromatic rings. The molecule has 1 saturated heterocycles. The number of piperazine rings is 1. The molecule has 1 heterocycles. The van der Waals surface area contributed by atoms with E-state index in [4.69, 9.17) is 0 Å². The van der Waals surface area contributed by atoms with Crippen LogP contribution in [0.2, 0.25) is 0 Å². The third kappa shape index (κ3) is 5.89. The number of carbonyl (C=O) groups is 1. The van der Waals surface area contributed by atoms with Gasteiger partial charge in [-0.1, -0.05) is 0 Å². The molecule has 1 aromatic carbocycles. The lowest BCUT2D eigenvalue weighted by Crippen LogP contribution is -2.47. The van der Waals surface area contributed by atoms with Gasteiger partial charge in [-0.05, 0) is 75.8 Å². The highest BCUT2D eigenvalue weighted by atomic mass is 19.1. The van der Waals surface area contributed by atoms with E-state index in [-0.39, 0.29) is 11.9 Å². The Kier molecular flexibility index (Phi) is 7.05. The number of amides is 1. The molecule has 150 valence electrons. The highest BCUT2D eigenvalue weighted by molar-refractivity contribution is 5.80. The van der Waals surface area contributed by atoms with Gasteiger partial charge >= 0.3 is 0 Å². The quantitative estimate of drug-likeness (QED) is 0.823. The zero-order valence-corrected chi connectivity index (χ0v) is 16.2. The normalized spacial score (nSPS) is 25.2. The van der Waals surface area contributed by atoms with Crippen LogP contribution in [-0.4, -0.2) is 55.7 Å². The van der Waals surface area contributed by atoms with Crippen molar-refractivity contribution in [1.82, 2.24) is 10.2 Å². The fraction of sp³-hybridized carbons (Fsp3) is 0.667. The second kappa shape index (κ2) is 9.49. The molecule has 27 heavy (non-hydrogen) atoms. The Morgan fingerprint density at radius 1 is 1.11 bits per heavy atom. The summed E-state index contributed by atoms with van der Waals surface area (Å²) in [6, 6.07) is 6.90. The van der Waals surface area contributed by atoms with Crippen LogP contribution in [0.1, 0.15) is 39.0 Å². The summed E-state index contributed by atoms with van der Waals surface area (Å²) in [6.07, 6.45) is 3.92. The maximum absolute atomic E-state index is 13.1. The molecule has 1 saturated carbocycles. The van der Waals surface area contributed by atoms with Gasteiger partial charge in [0.1, 0.15) is 5.82 Å². The minimum absolute atomic E-state index is 0.145. The molecular weight excluding hydrogens is 348 g/mol. The summed E-state index contributed by atoms with van der Waals surface area (Å²) in [5.74, 6) is 0.0411. The number of hydrogen-bond donors (Lipinski definition) is 1. The van der Waals surface area contributed by atoms with Gasteiger partial charge in [-0.3, -0.25) is 9.69 Å². The molecule has 0 spiro atoms. The van der Waals surface area contributed by atoms with Crippen molar-refractivity contribution in [2.75, 3.05) is 37.6 Å². The van der Waals surface area contributed by atoms with Crippen LogP contribution in [0.3, 0.4) is 0 Å². The fourth-order valence-corrected chi connectivity index (χ4v) is 4.16. The van der Waals surface area contributed by atoms with Gasteiger partial charge in [0.2, 0.25) is 0 Å². The number of nitrogens with one attached hydrogen (secondary N) is 1. The molecule has 2 fully saturated rings. The molecule has 3 rings (SSSR count). The Labute approximate surface area is 160 Å². The standard InChI is InChI=1S/C21H31F2N3O/c1-16(22)21(27)24-19-6-2-17(3-7-19)10-11-25-12-14-26(15-13-25)20-8-4-18(23)5-9-20/h4-5,8-9,16-17,19H,2-3,6-7,10-15H2,1H3,(H,24,27). The van der Waals surface area contributed by atoms with Gasteiger partial charge in [0.15, 0.2) is 6.17 Å². The molecule has 0 bridgehead atoms. The van der Waals surface area contributed by atoms with E-state index >= 15 is 0 Å². The number of hydrogen-bond acceptors (Lipinski definition) is 3. The molecule has 2 aliphatic rings. The van der Waals surface area contributed by atoms with Crippen LogP contribution in [-0.2, 0) is 4.79 Å². The molecule has 1 aliphatic carbocycles. The van der Waals surface area contributed by atoms with Crippen LogP contribution in [0.25, 0.3) is 0 Å². The van der Waals surface area contributed by atoms with Crippen LogP contribution in [0.4, 0.5) is 14.5 Å². The molecule has 1 unspecified atom stereocenters. The van der Waals surface area contributed by atoms with E-state index in [0.29, 0.717) is 5.92 Å². The fourth-order valence-electron chi connectivity index (χ4n) is 4.16. The van der Waals surface area contributed by atoms with Crippen LogP contribution >= 0.6 is 0 Å². The number of rotatable bonds is 6. The average Bonchev–Trinajstić information content (AvgIpc) is 2.68. The molecule has 1 amide bonds. The lowest BCUT2D eigenvalue weighted by Gasteiger charge is -2.37. The first-order chi connectivity index (χ1) is 13.0. The molecule has 0 radical (unpaired) electrons. The highest BCUT2D eigenvalue weighted by Gasteiger charge is 2.25. The minimum Gasteiger partial charge on any atom is -0.369 e. The summed E-state index contributed by atoms with van der Waals surface area (Å²) in [6.45, 7) is 6.43. The van der Waals surface area contributed by atoms with Gasteiger partial charge in [-0.15, -0.1) is 0 Å². The Bertz CT molecular complexity index is 592. The van der Waals surface area contributed by atoms with Crippen LogP contribution in [0.15, 0.2) is 24.3 Å². The highest BCUT2D eigenvalue weighted by Crippen LogP contribution is 2.27. The molecule has 1 aliphatic heterocycles. The van der Waals surface area contributed by atoms with Crippen molar-refractivity contribution < 1.29 is 13.6 Å². The summed E-state index contributed by atoms with van der Waals surface area (Å²) < 4.78 is 26.0. The number of halogens is 2. The second-order valence-electron chi connectivity index (χ2n) is 7.94. The molecule has 4 nitrogen and oxygen atoms in total. The maximum atomic E-state index is 13.1. The first kappa shape index (κ1) is 20.1. The summed E-state index contributed by atoms with van der Waals surface area (Å²) in [5.41, 5.74) is 1.10. The van der Waals surface area contributed by atoms with Gasteiger partial charge in [0.25, 0.3) is 5.91 Å². The largest absolute Gasteiger partial charge is 0.369 e. The lowest BCUT2D eigenvalue weighted by molar-refractivity contribution is -0.126. The maximum Gasteiger partial charge on any atom is 0.254 e. The Balaban J connectivity index is 1.33. The van der Waals surface area contributed by atoms with Crippen molar-refractivity contribution in [3.8, 4) is 0 Å². The molecule has 6 heteroatoms. The zero-order chi connectivity index (χ0) is 19.2. The van der Waals surface area contributed by atoms with Crippen molar-refractivity contribution in [3.63, 3.8) is 0 Å². The van der Waals surface area contributed by atoms with E-state index in [1.165, 1.54) is 25.5 Å². The van der Waals surface area contributed by atoms with Crippen molar-refractivity contribution in [3.05, 3.63) is 30.1 Å². The summed E-state index contributed by atoms with van der Waals surface area (Å²) in [7, 11) is 0. The zero-order valence-electron chi connectivity index (χ0n) is 16.2. The Morgan fingerprint density at radius 2 is 1.74 bits per heavy atom. The average molecular weight is 379 g/mol. The smallest absolute Gasteiger partial charge is 0.254 e. The van der Waals surface area contributed by atoms with E-state index < -0.39 is 12.1 Å². The van der Waals surface area contributed by atoms with E-state index in [1.807, 2.05) is 12.1 Å². The van der Waals surface area contributed by atoms with Gasteiger partial charge in [0.05, 0.1) is 0 Å². The van der Waals surface area contributed by atoms with E-state index in [0.717, 1.165) is 64.1 Å². The van der Waals surface area contributed by atoms with E-state index in [2.05, 4.69) is 15.1 Å². The molecular formula is C21H31F2N3O. The van der Waals surface area contributed by atoms with Crippen LogP contribution in [0.5, 0.6) is 0 Å². The van der Waals surface area contributed by atoms with E-state index in [1.54, 1.807) is 0 Å². The summed E-state index contributed by atoms with van der Waals surface area (Å²) in [5, 5.41) is 2.81. The van der Waals surface area contributed by atoms with Crippen molar-refractivity contribution in [1.29, 1.82) is 0 Å². The Morgan fingerprint density at radius 3 is 2.33 bits per heavy atom. The van der Waals surface area contributed by atoms with Crippen molar-refractivity contribution >= 4 is 11.6 Å². The SMILES string of the molecule is CC(F)C(=O)NC1CCC(CCN2CCN(c3ccc(F)cc3)CC2)CC1. The van der Waals surface area contributed by atoms with Crippen molar-refractivity contribution in [2.45, 2.75) is 51.2 Å². The number of anilines is 1. The van der Waals surface area contributed by atoms with Crippen LogP contribution < -0.4 is 10.2 Å².